The average molecular weight is 396 g/mol. The number of halogens is 1. The van der Waals surface area contributed by atoms with Crippen molar-refractivity contribution in [1.29, 1.82) is 0 Å². The molecule has 1 aromatic heterocycles. The molecule has 2 atom stereocenters. The number of hydrogen-bond acceptors (Lipinski definition) is 8. The topological polar surface area (TPSA) is 101 Å². The Kier molecular flexibility index (Phi) is 5.81. The number of rotatable bonds is 6. The molecule has 27 heavy (non-hydrogen) atoms. The van der Waals surface area contributed by atoms with Crippen LogP contribution in [0.1, 0.15) is 19.4 Å². The summed E-state index contributed by atoms with van der Waals surface area (Å²) in [5.41, 5.74) is 1.15. The summed E-state index contributed by atoms with van der Waals surface area (Å²) in [5.74, 6) is 0.213. The molecule has 146 valence electrons. The van der Waals surface area contributed by atoms with Gasteiger partial charge in [-0.3, -0.25) is 19.8 Å². The van der Waals surface area contributed by atoms with E-state index >= 15 is 0 Å². The second kappa shape index (κ2) is 8.10. The Morgan fingerprint density at radius 1 is 1.56 bits per heavy atom. The first kappa shape index (κ1) is 19.4. The van der Waals surface area contributed by atoms with Crippen LogP contribution in [0.2, 0.25) is 5.15 Å². The van der Waals surface area contributed by atoms with Gasteiger partial charge in [-0.2, -0.15) is 0 Å². The van der Waals surface area contributed by atoms with Crippen molar-refractivity contribution in [3.8, 4) is 0 Å². The highest BCUT2D eigenvalue weighted by Gasteiger charge is 2.40. The summed E-state index contributed by atoms with van der Waals surface area (Å²) in [7, 11) is 0. The van der Waals surface area contributed by atoms with Crippen LogP contribution in [0.4, 0.5) is 0 Å². The maximum absolute atomic E-state index is 11.6. The number of esters is 1. The van der Waals surface area contributed by atoms with Crippen LogP contribution >= 0.6 is 11.6 Å². The summed E-state index contributed by atoms with van der Waals surface area (Å²) in [6.45, 7) is 4.90. The van der Waals surface area contributed by atoms with Crippen molar-refractivity contribution in [3.05, 3.63) is 50.7 Å². The van der Waals surface area contributed by atoms with Gasteiger partial charge in [0.15, 0.2) is 5.82 Å². The highest BCUT2D eigenvalue weighted by atomic mass is 35.5. The summed E-state index contributed by atoms with van der Waals surface area (Å²) in [6.07, 6.45) is 2.08. The smallest absolute Gasteiger partial charge is 0.302 e. The van der Waals surface area contributed by atoms with Gasteiger partial charge in [-0.05, 0) is 25.0 Å². The van der Waals surface area contributed by atoms with E-state index in [0.29, 0.717) is 37.2 Å². The first-order chi connectivity index (χ1) is 12.8. The molecule has 10 heteroatoms. The van der Waals surface area contributed by atoms with Crippen LogP contribution in [0, 0.1) is 10.1 Å². The van der Waals surface area contributed by atoms with Crippen LogP contribution in [0.25, 0.3) is 0 Å². The van der Waals surface area contributed by atoms with Crippen LogP contribution in [0.3, 0.4) is 0 Å². The molecule has 0 aliphatic carbocycles. The van der Waals surface area contributed by atoms with Gasteiger partial charge in [0.2, 0.25) is 0 Å². The van der Waals surface area contributed by atoms with Gasteiger partial charge < -0.3 is 15.0 Å². The Balaban J connectivity index is 1.75. The van der Waals surface area contributed by atoms with Crippen molar-refractivity contribution in [3.63, 3.8) is 0 Å². The molecule has 3 rings (SSSR count). The Morgan fingerprint density at radius 2 is 2.33 bits per heavy atom. The lowest BCUT2D eigenvalue weighted by Gasteiger charge is -2.36. The minimum Gasteiger partial charge on any atom is -0.461 e. The van der Waals surface area contributed by atoms with Crippen molar-refractivity contribution >= 4 is 17.6 Å². The van der Waals surface area contributed by atoms with Gasteiger partial charge in [-0.15, -0.1) is 0 Å². The number of carbonyl (C=O) groups excluding carboxylic acids is 1. The van der Waals surface area contributed by atoms with Crippen molar-refractivity contribution in [1.82, 2.24) is 20.1 Å². The second-order valence-corrected chi connectivity index (χ2v) is 7.21. The zero-order chi connectivity index (χ0) is 19.6. The molecular weight excluding hydrogens is 374 g/mol. The van der Waals surface area contributed by atoms with Gasteiger partial charge >= 0.3 is 5.97 Å². The molecule has 0 amide bonds. The molecule has 1 fully saturated rings. The van der Waals surface area contributed by atoms with E-state index in [1.54, 1.807) is 19.2 Å². The highest BCUT2D eigenvalue weighted by molar-refractivity contribution is 6.29. The van der Waals surface area contributed by atoms with Crippen LogP contribution in [-0.2, 0) is 16.0 Å². The van der Waals surface area contributed by atoms with Crippen molar-refractivity contribution in [2.24, 2.45) is 0 Å². The van der Waals surface area contributed by atoms with Crippen LogP contribution in [-0.4, -0.2) is 64.1 Å². The first-order valence-electron chi connectivity index (χ1n) is 8.71. The normalized spacial score (nSPS) is 20.9. The maximum Gasteiger partial charge on any atom is 0.302 e. The van der Waals surface area contributed by atoms with Crippen LogP contribution in [0.5, 0.6) is 0 Å². The van der Waals surface area contributed by atoms with Crippen LogP contribution in [0.15, 0.2) is 29.8 Å². The van der Waals surface area contributed by atoms with Gasteiger partial charge in [0.05, 0.1) is 24.2 Å². The Bertz CT molecular complexity index is 754. The molecule has 3 heterocycles. The number of nitrogens with zero attached hydrogens (tertiary/aromatic N) is 4. The predicted molar refractivity (Wildman–Crippen MR) is 98.3 cm³/mol. The fourth-order valence-corrected chi connectivity index (χ4v) is 3.66. The zero-order valence-corrected chi connectivity index (χ0v) is 16.0. The fraction of sp³-hybridized carbons (Fsp3) is 0.529. The van der Waals surface area contributed by atoms with E-state index < -0.39 is 0 Å². The molecule has 2 aliphatic heterocycles. The second-order valence-electron chi connectivity index (χ2n) is 6.82. The monoisotopic (exact) mass is 395 g/mol. The molecular formula is C17H22ClN5O4. The van der Waals surface area contributed by atoms with Crippen molar-refractivity contribution in [2.45, 2.75) is 32.4 Å². The van der Waals surface area contributed by atoms with Gasteiger partial charge in [0, 0.05) is 26.2 Å². The molecule has 0 aromatic carbocycles. The number of nitro groups is 1. The lowest BCUT2D eigenvalue weighted by Crippen LogP contribution is -2.49. The summed E-state index contributed by atoms with van der Waals surface area (Å²) < 4.78 is 5.17. The quantitative estimate of drug-likeness (QED) is 0.332. The minimum atomic E-state index is -0.360. The third kappa shape index (κ3) is 4.67. The molecule has 9 nitrogen and oxygen atoms in total. The van der Waals surface area contributed by atoms with Gasteiger partial charge in [0.1, 0.15) is 11.3 Å². The highest BCUT2D eigenvalue weighted by Crippen LogP contribution is 2.26. The van der Waals surface area contributed by atoms with Crippen molar-refractivity contribution in [2.75, 3.05) is 26.3 Å². The van der Waals surface area contributed by atoms with E-state index in [0.717, 1.165) is 5.56 Å². The van der Waals surface area contributed by atoms with E-state index in [2.05, 4.69) is 10.3 Å². The van der Waals surface area contributed by atoms with Crippen LogP contribution < -0.4 is 5.32 Å². The Hall–Kier alpha value is -2.39. The van der Waals surface area contributed by atoms with Gasteiger partial charge in [-0.1, -0.05) is 17.7 Å². The summed E-state index contributed by atoms with van der Waals surface area (Å²) in [4.78, 5) is 30.4. The average Bonchev–Trinajstić information content (AvgIpc) is 2.98. The van der Waals surface area contributed by atoms with E-state index in [9.17, 15) is 14.9 Å². The summed E-state index contributed by atoms with van der Waals surface area (Å²) >= 11 is 5.84. The van der Waals surface area contributed by atoms with E-state index in [1.807, 2.05) is 15.9 Å². The largest absolute Gasteiger partial charge is 0.461 e. The molecule has 1 N–H and O–H groups in total. The molecule has 1 saturated heterocycles. The third-order valence-corrected chi connectivity index (χ3v) is 4.82. The van der Waals surface area contributed by atoms with E-state index in [1.165, 1.54) is 6.92 Å². The number of aromatic nitrogens is 1. The van der Waals surface area contributed by atoms with E-state index in [4.69, 9.17) is 16.3 Å². The minimum absolute atomic E-state index is 0.0600. The summed E-state index contributed by atoms with van der Waals surface area (Å²) in [6, 6.07) is 3.71. The predicted octanol–water partition coefficient (Wildman–Crippen LogP) is 1.22. The van der Waals surface area contributed by atoms with Crippen molar-refractivity contribution < 1.29 is 14.5 Å². The standard InChI is InChI=1S/C17H22ClN5O4/c1-11(27-12(2)24)8-21-9-15(23(25)26)17-20-7-14(22(17)10-21)5-13-3-4-16(18)19-6-13/h3-4,6,11,14,20H,5,7-10H2,1-2H3. The zero-order valence-electron chi connectivity index (χ0n) is 15.2. The lowest BCUT2D eigenvalue weighted by molar-refractivity contribution is -0.432. The van der Waals surface area contributed by atoms with E-state index in [-0.39, 0.29) is 35.3 Å². The molecule has 0 spiro atoms. The molecule has 0 saturated carbocycles. The molecule has 2 unspecified atom stereocenters. The molecule has 1 aromatic rings. The maximum atomic E-state index is 11.6. The number of pyridine rings is 1. The number of ether oxygens (including phenoxy) is 1. The molecule has 0 radical (unpaired) electrons. The SMILES string of the molecule is CC(=O)OC(C)CN1CC([N+](=O)[O-])=C2NCC(Cc3ccc(Cl)nc3)N2C1. The van der Waals surface area contributed by atoms with Gasteiger partial charge in [0.25, 0.3) is 5.70 Å². The summed E-state index contributed by atoms with van der Waals surface area (Å²) in [5, 5.41) is 15.2. The lowest BCUT2D eigenvalue weighted by atomic mass is 10.1. The number of nitrogens with one attached hydrogen (secondary N) is 1. The molecule has 0 bridgehead atoms. The third-order valence-electron chi connectivity index (χ3n) is 4.60. The first-order valence-corrected chi connectivity index (χ1v) is 9.09. The number of fused-ring (bicyclic) bond motifs is 1. The molecule has 2 aliphatic rings. The van der Waals surface area contributed by atoms with Gasteiger partial charge in [-0.25, -0.2) is 4.98 Å². The fourth-order valence-electron chi connectivity index (χ4n) is 3.55. The number of hydrogen-bond donors (Lipinski definition) is 1. The number of carbonyl (C=O) groups is 1. The Morgan fingerprint density at radius 3 is 2.96 bits per heavy atom. The Labute approximate surface area is 162 Å².